The summed E-state index contributed by atoms with van der Waals surface area (Å²) in [5.41, 5.74) is 3.79. The van der Waals surface area contributed by atoms with Crippen LogP contribution in [0.1, 0.15) is 45.0 Å². The van der Waals surface area contributed by atoms with Gasteiger partial charge < -0.3 is 28.4 Å². The van der Waals surface area contributed by atoms with Crippen LogP contribution in [0.2, 0.25) is 0 Å². The van der Waals surface area contributed by atoms with E-state index < -0.39 is 5.92 Å². The Balaban J connectivity index is 1.29. The molecular formula is C35H30O8. The van der Waals surface area contributed by atoms with Crippen LogP contribution < -0.4 is 28.4 Å². The van der Waals surface area contributed by atoms with Crippen molar-refractivity contribution in [3.8, 4) is 34.5 Å². The number of ketones is 1. The summed E-state index contributed by atoms with van der Waals surface area (Å²) < 4.78 is 34.0. The van der Waals surface area contributed by atoms with Crippen LogP contribution in [-0.4, -0.2) is 39.7 Å². The van der Waals surface area contributed by atoms with Crippen LogP contribution >= 0.6 is 0 Å². The standard InChI is InChI=1S/C35H30O8/c1-38-24-9-4-21(5-10-24)16-17-41-30-19-23(8-14-28(30)40-3)27-20-32(36)42-29-15-13-26-34(37)31(43-35(26)33(27)29)18-22-6-11-25(39-2)12-7-22/h4-15,18-19,27H,16-17,20H2,1-3H3/b31-18-/t27-/m1/s1. The molecule has 4 aromatic rings. The number of methoxy groups -OCH3 is 3. The summed E-state index contributed by atoms with van der Waals surface area (Å²) in [6, 6.07) is 24.1. The number of carbonyl (C=O) groups is 2. The number of ether oxygens (including phenoxy) is 6. The first-order valence-electron chi connectivity index (χ1n) is 13.9. The lowest BCUT2D eigenvalue weighted by Gasteiger charge is -2.27. The van der Waals surface area contributed by atoms with Crippen LogP contribution in [0.4, 0.5) is 0 Å². The molecule has 0 bridgehead atoms. The molecule has 8 heteroatoms. The highest BCUT2D eigenvalue weighted by Gasteiger charge is 2.38. The van der Waals surface area contributed by atoms with Gasteiger partial charge >= 0.3 is 5.97 Å². The van der Waals surface area contributed by atoms with Crippen molar-refractivity contribution in [2.45, 2.75) is 18.8 Å². The Morgan fingerprint density at radius 1 is 0.791 bits per heavy atom. The van der Waals surface area contributed by atoms with E-state index >= 15 is 0 Å². The van der Waals surface area contributed by atoms with Crippen molar-refractivity contribution in [2.24, 2.45) is 0 Å². The molecule has 2 aliphatic rings. The Bertz CT molecular complexity index is 1700. The molecule has 2 aliphatic heterocycles. The lowest BCUT2D eigenvalue weighted by molar-refractivity contribution is -0.135. The maximum Gasteiger partial charge on any atom is 0.312 e. The number of hydrogen-bond donors (Lipinski definition) is 0. The number of carbonyl (C=O) groups excluding carboxylic acids is 2. The molecule has 0 aliphatic carbocycles. The van der Waals surface area contributed by atoms with Gasteiger partial charge in [0.25, 0.3) is 0 Å². The minimum Gasteiger partial charge on any atom is -0.497 e. The first-order valence-corrected chi connectivity index (χ1v) is 13.9. The number of esters is 1. The van der Waals surface area contributed by atoms with Crippen LogP contribution in [0, 0.1) is 0 Å². The zero-order chi connectivity index (χ0) is 29.9. The highest BCUT2D eigenvalue weighted by atomic mass is 16.5. The number of hydrogen-bond acceptors (Lipinski definition) is 8. The predicted molar refractivity (Wildman–Crippen MR) is 160 cm³/mol. The molecule has 1 atom stereocenters. The van der Waals surface area contributed by atoms with Crippen LogP contribution in [-0.2, 0) is 11.2 Å². The first-order chi connectivity index (χ1) is 21.0. The number of benzene rings is 4. The monoisotopic (exact) mass is 578 g/mol. The summed E-state index contributed by atoms with van der Waals surface area (Å²) in [5.74, 6) is 2.59. The number of allylic oxidation sites excluding steroid dienone is 1. The minimum absolute atomic E-state index is 0.0795. The maximum atomic E-state index is 13.4. The summed E-state index contributed by atoms with van der Waals surface area (Å²) in [6.45, 7) is 0.419. The summed E-state index contributed by atoms with van der Waals surface area (Å²) in [4.78, 5) is 26.1. The zero-order valence-corrected chi connectivity index (χ0v) is 24.0. The van der Waals surface area contributed by atoms with E-state index in [9.17, 15) is 9.59 Å². The van der Waals surface area contributed by atoms with E-state index in [4.69, 9.17) is 28.4 Å². The van der Waals surface area contributed by atoms with E-state index in [1.807, 2.05) is 66.7 Å². The fourth-order valence-corrected chi connectivity index (χ4v) is 5.34. The molecule has 6 rings (SSSR count). The summed E-state index contributed by atoms with van der Waals surface area (Å²) in [6.07, 6.45) is 2.46. The van der Waals surface area contributed by atoms with Crippen molar-refractivity contribution >= 4 is 17.8 Å². The second-order valence-electron chi connectivity index (χ2n) is 10.2. The van der Waals surface area contributed by atoms with Crippen LogP contribution in [0.3, 0.4) is 0 Å². The highest BCUT2D eigenvalue weighted by molar-refractivity contribution is 6.15. The molecule has 0 fully saturated rings. The Morgan fingerprint density at radius 2 is 1.51 bits per heavy atom. The molecule has 0 saturated carbocycles. The highest BCUT2D eigenvalue weighted by Crippen LogP contribution is 2.49. The molecule has 4 aromatic carbocycles. The smallest absolute Gasteiger partial charge is 0.312 e. The summed E-state index contributed by atoms with van der Waals surface area (Å²) in [5, 5.41) is 0. The molecule has 0 aromatic heterocycles. The van der Waals surface area contributed by atoms with E-state index in [-0.39, 0.29) is 23.9 Å². The van der Waals surface area contributed by atoms with Crippen molar-refractivity contribution in [3.05, 3.63) is 112 Å². The van der Waals surface area contributed by atoms with Crippen molar-refractivity contribution in [1.82, 2.24) is 0 Å². The Morgan fingerprint density at radius 3 is 2.21 bits per heavy atom. The molecule has 8 nitrogen and oxygen atoms in total. The normalized spacial score (nSPS) is 16.2. The third-order valence-corrected chi connectivity index (χ3v) is 7.59. The van der Waals surface area contributed by atoms with Crippen molar-refractivity contribution < 1.29 is 38.0 Å². The maximum absolute atomic E-state index is 13.4. The molecule has 0 spiro atoms. The van der Waals surface area contributed by atoms with Gasteiger partial charge in [-0.15, -0.1) is 0 Å². The van der Waals surface area contributed by atoms with Gasteiger partial charge in [-0.05, 0) is 71.3 Å². The Hall–Kier alpha value is -5.24. The van der Waals surface area contributed by atoms with Gasteiger partial charge in [-0.3, -0.25) is 9.59 Å². The molecule has 0 N–H and O–H groups in total. The van der Waals surface area contributed by atoms with Crippen LogP contribution in [0.5, 0.6) is 34.5 Å². The minimum atomic E-state index is -0.422. The lowest BCUT2D eigenvalue weighted by Crippen LogP contribution is -2.21. The van der Waals surface area contributed by atoms with Gasteiger partial charge in [0, 0.05) is 17.9 Å². The Labute approximate surface area is 249 Å². The molecular weight excluding hydrogens is 548 g/mol. The summed E-state index contributed by atoms with van der Waals surface area (Å²) >= 11 is 0. The number of Topliss-reactive ketones (excluding diaryl/α,β-unsaturated/α-hetero) is 1. The predicted octanol–water partition coefficient (Wildman–Crippen LogP) is 6.39. The first kappa shape index (κ1) is 27.9. The van der Waals surface area contributed by atoms with Crippen LogP contribution in [0.15, 0.2) is 84.6 Å². The van der Waals surface area contributed by atoms with E-state index in [2.05, 4.69) is 0 Å². The van der Waals surface area contributed by atoms with E-state index in [0.29, 0.717) is 52.9 Å². The van der Waals surface area contributed by atoms with Crippen molar-refractivity contribution in [3.63, 3.8) is 0 Å². The zero-order valence-electron chi connectivity index (χ0n) is 24.0. The van der Waals surface area contributed by atoms with Gasteiger partial charge in [-0.2, -0.15) is 0 Å². The third kappa shape index (κ3) is 5.64. The molecule has 0 amide bonds. The van der Waals surface area contributed by atoms with Crippen molar-refractivity contribution in [2.75, 3.05) is 27.9 Å². The third-order valence-electron chi connectivity index (χ3n) is 7.59. The fourth-order valence-electron chi connectivity index (χ4n) is 5.34. The van der Waals surface area contributed by atoms with Gasteiger partial charge in [0.05, 0.1) is 39.9 Å². The van der Waals surface area contributed by atoms with Gasteiger partial charge in [-0.25, -0.2) is 0 Å². The van der Waals surface area contributed by atoms with E-state index in [1.165, 1.54) is 0 Å². The van der Waals surface area contributed by atoms with Gasteiger partial charge in [0.1, 0.15) is 23.0 Å². The lowest BCUT2D eigenvalue weighted by atomic mass is 9.84. The number of rotatable bonds is 9. The largest absolute Gasteiger partial charge is 0.497 e. The van der Waals surface area contributed by atoms with E-state index in [0.717, 1.165) is 22.4 Å². The average Bonchev–Trinajstić information content (AvgIpc) is 3.35. The van der Waals surface area contributed by atoms with Gasteiger partial charge in [-0.1, -0.05) is 30.3 Å². The Kier molecular flexibility index (Phi) is 7.75. The average molecular weight is 579 g/mol. The van der Waals surface area contributed by atoms with Crippen LogP contribution in [0.25, 0.3) is 6.08 Å². The van der Waals surface area contributed by atoms with Gasteiger partial charge in [0.15, 0.2) is 17.3 Å². The summed E-state index contributed by atoms with van der Waals surface area (Å²) in [7, 11) is 4.82. The van der Waals surface area contributed by atoms with Gasteiger partial charge in [0.2, 0.25) is 5.78 Å². The van der Waals surface area contributed by atoms with Crippen molar-refractivity contribution in [1.29, 1.82) is 0 Å². The molecule has 0 unspecified atom stereocenters. The molecule has 2 heterocycles. The van der Waals surface area contributed by atoms with E-state index in [1.54, 1.807) is 39.5 Å². The molecule has 218 valence electrons. The second-order valence-corrected chi connectivity index (χ2v) is 10.2. The topological polar surface area (TPSA) is 89.5 Å². The second kappa shape index (κ2) is 11.9. The SMILES string of the molecule is COc1ccc(/C=C2\Oc3c(ccc4c3[C@@H](c3ccc(OC)c(OCCc5ccc(OC)cc5)c3)CC(=O)O4)C2=O)cc1. The molecule has 0 saturated heterocycles. The fraction of sp³-hybridized carbons (Fsp3) is 0.200. The number of fused-ring (bicyclic) bond motifs is 3. The molecule has 0 radical (unpaired) electrons. The molecule has 43 heavy (non-hydrogen) atoms. The quantitative estimate of drug-likeness (QED) is 0.128.